The maximum Gasteiger partial charge on any atom is 0.271 e. The van der Waals surface area contributed by atoms with Crippen molar-refractivity contribution in [2.24, 2.45) is 0 Å². The quantitative estimate of drug-likeness (QED) is 0.536. The summed E-state index contributed by atoms with van der Waals surface area (Å²) in [6.45, 7) is 3.65. The number of unbranched alkanes of at least 4 members (excludes halogenated alkanes) is 1. The SMILES string of the molecule is CCCCn1c(C(=O)N2Cc3cncnc3C2)cc2c(=O)n3ccccc3nc21. The number of fused-ring (bicyclic) bond motifs is 3. The van der Waals surface area contributed by atoms with Crippen molar-refractivity contribution in [3.05, 3.63) is 70.3 Å². The number of hydrogen-bond donors (Lipinski definition) is 0. The molecule has 5 heterocycles. The van der Waals surface area contributed by atoms with Gasteiger partial charge in [0.25, 0.3) is 11.5 Å². The van der Waals surface area contributed by atoms with Crippen LogP contribution >= 0.6 is 0 Å². The molecule has 8 nitrogen and oxygen atoms in total. The van der Waals surface area contributed by atoms with E-state index in [1.807, 2.05) is 10.6 Å². The molecule has 8 heteroatoms. The lowest BCUT2D eigenvalue weighted by Gasteiger charge is -2.17. The molecule has 0 aromatic carbocycles. The van der Waals surface area contributed by atoms with E-state index in [4.69, 9.17) is 4.98 Å². The van der Waals surface area contributed by atoms with Gasteiger partial charge in [-0.2, -0.15) is 0 Å². The van der Waals surface area contributed by atoms with Crippen LogP contribution in [0.4, 0.5) is 0 Å². The number of amides is 1. The smallest absolute Gasteiger partial charge is 0.271 e. The minimum absolute atomic E-state index is 0.120. The van der Waals surface area contributed by atoms with Crippen molar-refractivity contribution < 1.29 is 4.79 Å². The van der Waals surface area contributed by atoms with Crippen LogP contribution in [0.15, 0.2) is 47.8 Å². The number of pyridine rings is 1. The maximum atomic E-state index is 13.4. The molecular formula is C21H20N6O2. The minimum Gasteiger partial charge on any atom is -0.327 e. The van der Waals surface area contributed by atoms with Crippen molar-refractivity contribution in [3.63, 3.8) is 0 Å². The number of aryl methyl sites for hydroxylation is 1. The van der Waals surface area contributed by atoms with Crippen LogP contribution < -0.4 is 5.56 Å². The third kappa shape index (κ3) is 2.79. The molecule has 146 valence electrons. The Morgan fingerprint density at radius 2 is 2.14 bits per heavy atom. The number of nitrogens with zero attached hydrogens (tertiary/aromatic N) is 6. The van der Waals surface area contributed by atoms with Gasteiger partial charge in [-0.05, 0) is 24.6 Å². The van der Waals surface area contributed by atoms with Gasteiger partial charge in [0.2, 0.25) is 0 Å². The molecule has 1 aliphatic heterocycles. The number of aromatic nitrogens is 5. The lowest BCUT2D eigenvalue weighted by molar-refractivity contribution is 0.0739. The van der Waals surface area contributed by atoms with Crippen LogP contribution in [-0.2, 0) is 19.6 Å². The Hall–Kier alpha value is -3.55. The fourth-order valence-electron chi connectivity index (χ4n) is 3.88. The van der Waals surface area contributed by atoms with Crippen LogP contribution in [-0.4, -0.2) is 34.7 Å². The summed E-state index contributed by atoms with van der Waals surface area (Å²) in [5, 5.41) is 0.463. The van der Waals surface area contributed by atoms with E-state index < -0.39 is 0 Å². The molecule has 0 saturated heterocycles. The second-order valence-corrected chi connectivity index (χ2v) is 7.27. The molecule has 1 amide bonds. The van der Waals surface area contributed by atoms with Gasteiger partial charge in [-0.1, -0.05) is 19.4 Å². The van der Waals surface area contributed by atoms with E-state index in [2.05, 4.69) is 16.9 Å². The average Bonchev–Trinajstić information content (AvgIpc) is 3.34. The van der Waals surface area contributed by atoms with Crippen LogP contribution in [0.2, 0.25) is 0 Å². The first kappa shape index (κ1) is 17.5. The van der Waals surface area contributed by atoms with Gasteiger partial charge in [-0.25, -0.2) is 15.0 Å². The van der Waals surface area contributed by atoms with Crippen LogP contribution in [0.5, 0.6) is 0 Å². The number of carbonyl (C=O) groups is 1. The van der Waals surface area contributed by atoms with Gasteiger partial charge in [0, 0.05) is 31.0 Å². The molecule has 0 fully saturated rings. The van der Waals surface area contributed by atoms with Gasteiger partial charge < -0.3 is 9.47 Å². The zero-order valence-electron chi connectivity index (χ0n) is 16.1. The van der Waals surface area contributed by atoms with Gasteiger partial charge in [-0.3, -0.25) is 14.0 Å². The topological polar surface area (TPSA) is 85.4 Å². The average molecular weight is 388 g/mol. The van der Waals surface area contributed by atoms with E-state index >= 15 is 0 Å². The number of carbonyl (C=O) groups excluding carboxylic acids is 1. The molecule has 0 unspecified atom stereocenters. The Bertz CT molecular complexity index is 1280. The van der Waals surface area contributed by atoms with Crippen molar-refractivity contribution in [3.8, 4) is 0 Å². The molecule has 0 spiro atoms. The lowest BCUT2D eigenvalue weighted by Crippen LogP contribution is -2.27. The summed E-state index contributed by atoms with van der Waals surface area (Å²) in [5.41, 5.74) is 3.30. The predicted molar refractivity (Wildman–Crippen MR) is 107 cm³/mol. The van der Waals surface area contributed by atoms with Crippen molar-refractivity contribution in [1.82, 2.24) is 28.8 Å². The summed E-state index contributed by atoms with van der Waals surface area (Å²) < 4.78 is 3.41. The highest BCUT2D eigenvalue weighted by molar-refractivity contribution is 5.98. The standard InChI is InChI=1S/C21H20N6O2/c1-2-3-7-26-17(21(29)25-11-14-10-22-13-23-16(14)12-25)9-15-19(26)24-18-6-4-5-8-27(18)20(15)28/h4-6,8-10,13H,2-3,7,11-12H2,1H3. The summed E-state index contributed by atoms with van der Waals surface area (Å²) >= 11 is 0. The first-order valence-electron chi connectivity index (χ1n) is 9.75. The van der Waals surface area contributed by atoms with Crippen molar-refractivity contribution in [2.45, 2.75) is 39.4 Å². The first-order chi connectivity index (χ1) is 14.2. The second kappa shape index (κ2) is 6.80. The van der Waals surface area contributed by atoms with Crippen LogP contribution in [0.1, 0.15) is 41.5 Å². The third-order valence-electron chi connectivity index (χ3n) is 5.40. The Labute approximate surface area is 166 Å². The fraction of sp³-hybridized carbons (Fsp3) is 0.286. The Morgan fingerprint density at radius 3 is 2.97 bits per heavy atom. The van der Waals surface area contributed by atoms with E-state index in [9.17, 15) is 9.59 Å². The molecule has 0 saturated carbocycles. The Balaban J connectivity index is 1.64. The molecule has 4 aromatic rings. The van der Waals surface area contributed by atoms with E-state index in [1.54, 1.807) is 35.5 Å². The lowest BCUT2D eigenvalue weighted by atomic mass is 10.3. The first-order valence-corrected chi connectivity index (χ1v) is 9.75. The Kier molecular flexibility index (Phi) is 4.12. The summed E-state index contributed by atoms with van der Waals surface area (Å²) in [7, 11) is 0. The van der Waals surface area contributed by atoms with Gasteiger partial charge in [0.1, 0.15) is 23.3 Å². The van der Waals surface area contributed by atoms with Crippen molar-refractivity contribution >= 4 is 22.6 Å². The van der Waals surface area contributed by atoms with Crippen molar-refractivity contribution in [1.29, 1.82) is 0 Å². The zero-order valence-corrected chi connectivity index (χ0v) is 16.1. The highest BCUT2D eigenvalue weighted by Gasteiger charge is 2.29. The normalized spacial score (nSPS) is 13.3. The van der Waals surface area contributed by atoms with Crippen LogP contribution in [0.25, 0.3) is 16.7 Å². The highest BCUT2D eigenvalue weighted by atomic mass is 16.2. The van der Waals surface area contributed by atoms with E-state index in [-0.39, 0.29) is 11.5 Å². The molecule has 4 aromatic heterocycles. The third-order valence-corrected chi connectivity index (χ3v) is 5.40. The molecule has 1 aliphatic rings. The Morgan fingerprint density at radius 1 is 1.24 bits per heavy atom. The molecule has 0 atom stereocenters. The van der Waals surface area contributed by atoms with Crippen LogP contribution in [0, 0.1) is 0 Å². The fourth-order valence-corrected chi connectivity index (χ4v) is 3.88. The van der Waals surface area contributed by atoms with E-state index in [1.165, 1.54) is 10.7 Å². The van der Waals surface area contributed by atoms with Crippen molar-refractivity contribution in [2.75, 3.05) is 0 Å². The number of hydrogen-bond acceptors (Lipinski definition) is 5. The molecule has 5 rings (SSSR count). The van der Waals surface area contributed by atoms with Gasteiger partial charge >= 0.3 is 0 Å². The van der Waals surface area contributed by atoms with Gasteiger partial charge in [0.15, 0.2) is 0 Å². The van der Waals surface area contributed by atoms with Crippen LogP contribution in [0.3, 0.4) is 0 Å². The molecular weight excluding hydrogens is 368 g/mol. The summed E-state index contributed by atoms with van der Waals surface area (Å²) in [6, 6.07) is 7.14. The molecule has 29 heavy (non-hydrogen) atoms. The monoisotopic (exact) mass is 388 g/mol. The highest BCUT2D eigenvalue weighted by Crippen LogP contribution is 2.24. The largest absolute Gasteiger partial charge is 0.327 e. The van der Waals surface area contributed by atoms with Gasteiger partial charge in [0.05, 0.1) is 17.6 Å². The van der Waals surface area contributed by atoms with Gasteiger partial charge in [-0.15, -0.1) is 0 Å². The second-order valence-electron chi connectivity index (χ2n) is 7.27. The zero-order chi connectivity index (χ0) is 20.0. The number of rotatable bonds is 4. The molecule has 0 aliphatic carbocycles. The molecule has 0 radical (unpaired) electrons. The minimum atomic E-state index is -0.162. The summed E-state index contributed by atoms with van der Waals surface area (Å²) in [6.07, 6.45) is 6.82. The summed E-state index contributed by atoms with van der Waals surface area (Å²) in [5.74, 6) is -0.120. The summed E-state index contributed by atoms with van der Waals surface area (Å²) in [4.78, 5) is 41.2. The van der Waals surface area contributed by atoms with E-state index in [0.29, 0.717) is 42.0 Å². The molecule has 0 bridgehead atoms. The predicted octanol–water partition coefficient (Wildman–Crippen LogP) is 2.40. The maximum absolute atomic E-state index is 13.4. The van der Waals surface area contributed by atoms with E-state index in [0.717, 1.165) is 24.1 Å². The molecule has 0 N–H and O–H groups in total.